The van der Waals surface area contributed by atoms with Crippen LogP contribution in [0.25, 0.3) is 0 Å². The van der Waals surface area contributed by atoms with E-state index in [1.807, 2.05) is 0 Å². The lowest BCUT2D eigenvalue weighted by Gasteiger charge is -2.21. The number of unbranched alkanes of at least 4 members (excludes halogenated alkanes) is 6. The van der Waals surface area contributed by atoms with E-state index in [1.165, 1.54) is 24.3 Å². The van der Waals surface area contributed by atoms with E-state index < -0.39 is 48.7 Å². The van der Waals surface area contributed by atoms with E-state index in [9.17, 15) is 43.2 Å². The largest absolute Gasteiger partial charge is 0.534 e. The summed E-state index contributed by atoms with van der Waals surface area (Å²) >= 11 is 8.17. The highest BCUT2D eigenvalue weighted by Crippen LogP contribution is 2.39. The van der Waals surface area contributed by atoms with Crippen molar-refractivity contribution in [3.05, 3.63) is 47.5 Å². The van der Waals surface area contributed by atoms with E-state index in [2.05, 4.69) is 40.5 Å². The first kappa shape index (κ1) is 34.4. The maximum absolute atomic E-state index is 12.7. The van der Waals surface area contributed by atoms with Gasteiger partial charge in [-0.3, -0.25) is 0 Å². The summed E-state index contributed by atoms with van der Waals surface area (Å²) in [6.45, 7) is 2.10. The molecule has 226 valence electrons. The van der Waals surface area contributed by atoms with Gasteiger partial charge in [-0.05, 0) is 41.8 Å². The van der Waals surface area contributed by atoms with E-state index in [4.69, 9.17) is 0 Å². The van der Waals surface area contributed by atoms with E-state index >= 15 is 0 Å². The first-order valence-corrected chi connectivity index (χ1v) is 15.8. The highest BCUT2D eigenvalue weighted by atomic mass is 32.2. The third kappa shape index (κ3) is 9.38. The SMILES string of the molecule is CCCCCCCCCC(c1ccc(OS(=O)(=O)C(F)(F)F)c(S)c1)c1ccc(OS(=O)(=O)C(F)(F)F)c(S)c1. The molecule has 0 spiro atoms. The van der Waals surface area contributed by atoms with Gasteiger partial charge in [0.1, 0.15) is 0 Å². The molecule has 0 radical (unpaired) electrons. The van der Waals surface area contributed by atoms with Crippen molar-refractivity contribution >= 4 is 45.5 Å². The first-order chi connectivity index (χ1) is 18.4. The molecule has 0 aliphatic rings. The Bertz CT molecular complexity index is 1260. The molecule has 6 nitrogen and oxygen atoms in total. The monoisotopic (exact) mass is 654 g/mol. The second kappa shape index (κ2) is 13.9. The topological polar surface area (TPSA) is 86.7 Å². The van der Waals surface area contributed by atoms with Gasteiger partial charge >= 0.3 is 31.3 Å². The fourth-order valence-corrected chi connectivity index (χ4v) is 5.42. The highest BCUT2D eigenvalue weighted by Gasteiger charge is 2.49. The molecule has 0 bridgehead atoms. The maximum atomic E-state index is 12.7. The zero-order valence-electron chi connectivity index (χ0n) is 21.1. The van der Waals surface area contributed by atoms with Crippen LogP contribution < -0.4 is 8.37 Å². The fourth-order valence-electron chi connectivity index (χ4n) is 3.81. The lowest BCUT2D eigenvalue weighted by molar-refractivity contribution is -0.0505. The summed E-state index contributed by atoms with van der Waals surface area (Å²) in [6.07, 6.45) is 7.38. The van der Waals surface area contributed by atoms with Gasteiger partial charge in [-0.25, -0.2) is 0 Å². The van der Waals surface area contributed by atoms with Crippen LogP contribution in [0.1, 0.15) is 75.3 Å². The smallest absolute Gasteiger partial charge is 0.375 e. The quantitative estimate of drug-likeness (QED) is 0.0706. The van der Waals surface area contributed by atoms with Gasteiger partial charge in [-0.2, -0.15) is 43.2 Å². The van der Waals surface area contributed by atoms with Crippen LogP contribution in [-0.2, 0) is 20.2 Å². The molecule has 0 N–H and O–H groups in total. The second-order valence-corrected chi connectivity index (χ2v) is 12.9. The predicted molar refractivity (Wildman–Crippen MR) is 143 cm³/mol. The van der Waals surface area contributed by atoms with Crippen molar-refractivity contribution < 1.29 is 51.5 Å². The minimum atomic E-state index is -5.92. The summed E-state index contributed by atoms with van der Waals surface area (Å²) in [6, 6.07) is 7.40. The molecular weight excluding hydrogens is 627 g/mol. The van der Waals surface area contributed by atoms with Gasteiger partial charge < -0.3 is 8.37 Å². The molecule has 2 aromatic rings. The van der Waals surface area contributed by atoms with Crippen LogP contribution in [0.2, 0.25) is 0 Å². The van der Waals surface area contributed by atoms with E-state index in [1.54, 1.807) is 0 Å². The zero-order chi connectivity index (χ0) is 30.4. The van der Waals surface area contributed by atoms with Crippen LogP contribution in [0.5, 0.6) is 11.5 Å². The molecule has 0 saturated heterocycles. The Labute approximate surface area is 240 Å². The fraction of sp³-hybridized carbons (Fsp3) is 0.500. The molecule has 2 aromatic carbocycles. The molecule has 2 rings (SSSR count). The van der Waals surface area contributed by atoms with Gasteiger partial charge in [0.25, 0.3) is 0 Å². The summed E-state index contributed by atoms with van der Waals surface area (Å²) in [7, 11) is -11.8. The molecule has 0 saturated carbocycles. The molecule has 40 heavy (non-hydrogen) atoms. The third-order valence-electron chi connectivity index (χ3n) is 5.83. The summed E-state index contributed by atoms with van der Waals surface area (Å²) < 4.78 is 130. The summed E-state index contributed by atoms with van der Waals surface area (Å²) in [5.74, 6) is -1.76. The first-order valence-electron chi connectivity index (χ1n) is 12.1. The van der Waals surface area contributed by atoms with Crippen molar-refractivity contribution in [3.8, 4) is 11.5 Å². The highest BCUT2D eigenvalue weighted by molar-refractivity contribution is 7.88. The molecule has 0 fully saturated rings. The minimum Gasteiger partial charge on any atom is -0.375 e. The van der Waals surface area contributed by atoms with Crippen molar-refractivity contribution in [1.82, 2.24) is 0 Å². The van der Waals surface area contributed by atoms with Crippen LogP contribution in [0, 0.1) is 0 Å². The van der Waals surface area contributed by atoms with Crippen LogP contribution in [0.4, 0.5) is 26.3 Å². The minimum absolute atomic E-state index is 0.197. The van der Waals surface area contributed by atoms with E-state index in [0.29, 0.717) is 24.0 Å². The van der Waals surface area contributed by atoms with Crippen molar-refractivity contribution in [3.63, 3.8) is 0 Å². The molecule has 0 heterocycles. The lowest BCUT2D eigenvalue weighted by Crippen LogP contribution is -2.28. The molecule has 0 aliphatic carbocycles. The van der Waals surface area contributed by atoms with Gasteiger partial charge in [0.05, 0.1) is 0 Å². The average molecular weight is 655 g/mol. The van der Waals surface area contributed by atoms with Crippen molar-refractivity contribution in [2.24, 2.45) is 0 Å². The molecular formula is C24H28F6O6S4. The number of hydrogen-bond acceptors (Lipinski definition) is 8. The van der Waals surface area contributed by atoms with Gasteiger partial charge in [-0.15, -0.1) is 25.3 Å². The third-order valence-corrected chi connectivity index (χ3v) is 8.46. The van der Waals surface area contributed by atoms with Crippen molar-refractivity contribution in [2.75, 3.05) is 0 Å². The molecule has 0 unspecified atom stereocenters. The van der Waals surface area contributed by atoms with Gasteiger partial charge in [0, 0.05) is 15.7 Å². The Balaban J connectivity index is 2.37. The summed E-state index contributed by atoms with van der Waals surface area (Å²) in [4.78, 5) is -0.394. The van der Waals surface area contributed by atoms with E-state index in [0.717, 1.165) is 50.7 Å². The number of hydrogen-bond donors (Lipinski definition) is 2. The molecule has 0 aliphatic heterocycles. The molecule has 0 amide bonds. The Morgan fingerprint density at radius 3 is 1.40 bits per heavy atom. The van der Waals surface area contributed by atoms with Gasteiger partial charge in [-0.1, -0.05) is 64.0 Å². The van der Waals surface area contributed by atoms with Crippen LogP contribution >= 0.6 is 25.3 Å². The number of benzene rings is 2. The Kier molecular flexibility index (Phi) is 12.0. The van der Waals surface area contributed by atoms with Crippen LogP contribution in [0.15, 0.2) is 46.2 Å². The number of halogens is 6. The Hall–Kier alpha value is -1.78. The Morgan fingerprint density at radius 2 is 1.05 bits per heavy atom. The number of alkyl halides is 6. The Morgan fingerprint density at radius 1 is 0.675 bits per heavy atom. The van der Waals surface area contributed by atoms with Crippen LogP contribution in [-0.4, -0.2) is 27.9 Å². The van der Waals surface area contributed by atoms with Gasteiger partial charge in [0.2, 0.25) is 0 Å². The number of thiol groups is 2. The summed E-state index contributed by atoms with van der Waals surface area (Å²) in [5, 5.41) is 0. The molecule has 0 atom stereocenters. The average Bonchev–Trinajstić information content (AvgIpc) is 2.82. The summed E-state index contributed by atoms with van der Waals surface area (Å²) in [5.41, 5.74) is -10.3. The van der Waals surface area contributed by atoms with E-state index in [-0.39, 0.29) is 9.79 Å². The normalized spacial score (nSPS) is 13.1. The van der Waals surface area contributed by atoms with Crippen molar-refractivity contribution in [1.29, 1.82) is 0 Å². The lowest BCUT2D eigenvalue weighted by atomic mass is 9.86. The van der Waals surface area contributed by atoms with Gasteiger partial charge in [0.15, 0.2) is 11.5 Å². The molecule has 16 heteroatoms. The van der Waals surface area contributed by atoms with Crippen molar-refractivity contribution in [2.45, 2.75) is 85.0 Å². The molecule has 0 aromatic heterocycles. The predicted octanol–water partition coefficient (Wildman–Crippen LogP) is 7.99. The second-order valence-electron chi connectivity index (χ2n) is 8.88. The standard InChI is InChI=1S/C24H28F6O6S4/c1-2-3-4-5-6-7-8-9-18(16-10-12-19(21(37)14-16)35-39(31,32)23(25,26)27)17-11-13-20(22(38)15-17)36-40(33,34)24(28,29)30/h10-15,18,37-38H,2-9H2,1H3. The number of rotatable bonds is 14. The van der Waals surface area contributed by atoms with Crippen LogP contribution in [0.3, 0.4) is 0 Å². The maximum Gasteiger partial charge on any atom is 0.534 e. The zero-order valence-corrected chi connectivity index (χ0v) is 24.5.